The fraction of sp³-hybridized carbons (Fsp3) is 0.667. The Hall–Kier alpha value is -0.990. The smallest absolute Gasteiger partial charge is 0.335 e. The van der Waals surface area contributed by atoms with Crippen LogP contribution in [0.3, 0.4) is 0 Å². The van der Waals surface area contributed by atoms with E-state index in [0.717, 1.165) is 37.8 Å². The number of methoxy groups -OCH3 is 1. The first-order valence-corrected chi connectivity index (χ1v) is 4.31. The minimum Gasteiger partial charge on any atom is -0.466 e. The van der Waals surface area contributed by atoms with Crippen LogP contribution in [0.25, 0.3) is 0 Å². The molecule has 0 fully saturated rings. The van der Waals surface area contributed by atoms with Gasteiger partial charge in [-0.05, 0) is 25.7 Å². The first-order chi connectivity index (χ1) is 5.75. The maximum atomic E-state index is 11.2. The summed E-state index contributed by atoms with van der Waals surface area (Å²) in [6.45, 7) is 0. The molecule has 0 aromatic heterocycles. The molecule has 0 amide bonds. The van der Waals surface area contributed by atoms with Crippen molar-refractivity contribution in [2.24, 2.45) is 5.73 Å². The lowest BCUT2D eigenvalue weighted by atomic mass is 10.1. The largest absolute Gasteiger partial charge is 0.466 e. The van der Waals surface area contributed by atoms with Crippen LogP contribution in [0.4, 0.5) is 0 Å². The number of nitrogens with two attached hydrogens (primary N) is 1. The summed E-state index contributed by atoms with van der Waals surface area (Å²) in [6, 6.07) is 0. The average Bonchev–Trinajstić information content (AvgIpc) is 2.28. The van der Waals surface area contributed by atoms with E-state index >= 15 is 0 Å². The number of carbonyl (C=O) groups excluding carboxylic acids is 1. The van der Waals surface area contributed by atoms with Crippen molar-refractivity contribution >= 4 is 5.97 Å². The van der Waals surface area contributed by atoms with Crippen LogP contribution >= 0.6 is 0 Å². The van der Waals surface area contributed by atoms with Gasteiger partial charge in [-0.3, -0.25) is 0 Å². The fourth-order valence-electron chi connectivity index (χ4n) is 1.46. The highest BCUT2D eigenvalue weighted by Gasteiger charge is 2.15. The Morgan fingerprint density at radius 2 is 2.00 bits per heavy atom. The van der Waals surface area contributed by atoms with Crippen LogP contribution < -0.4 is 5.73 Å². The molecule has 68 valence electrons. The Morgan fingerprint density at radius 1 is 1.33 bits per heavy atom. The van der Waals surface area contributed by atoms with Gasteiger partial charge >= 0.3 is 5.97 Å². The molecule has 0 atom stereocenters. The van der Waals surface area contributed by atoms with E-state index in [1.54, 1.807) is 0 Å². The number of ether oxygens (including phenoxy) is 1. The summed E-state index contributed by atoms with van der Waals surface area (Å²) in [5.74, 6) is -0.255. The monoisotopic (exact) mass is 169 g/mol. The molecule has 1 aliphatic carbocycles. The van der Waals surface area contributed by atoms with Crippen LogP contribution in [-0.4, -0.2) is 13.1 Å². The molecule has 0 aliphatic heterocycles. The average molecular weight is 169 g/mol. The van der Waals surface area contributed by atoms with Gasteiger partial charge in [-0.15, -0.1) is 0 Å². The zero-order valence-corrected chi connectivity index (χ0v) is 7.43. The lowest BCUT2D eigenvalue weighted by Gasteiger charge is -2.05. The van der Waals surface area contributed by atoms with Gasteiger partial charge in [-0.25, -0.2) is 4.79 Å². The Labute approximate surface area is 72.6 Å². The minimum absolute atomic E-state index is 0.255. The summed E-state index contributed by atoms with van der Waals surface area (Å²) < 4.78 is 4.64. The molecule has 0 saturated carbocycles. The van der Waals surface area contributed by atoms with Gasteiger partial charge in [0.2, 0.25) is 0 Å². The second-order valence-corrected chi connectivity index (χ2v) is 3.06. The number of hydrogen-bond acceptors (Lipinski definition) is 3. The normalized spacial score (nSPS) is 18.8. The third-order valence-electron chi connectivity index (χ3n) is 2.19. The van der Waals surface area contributed by atoms with E-state index < -0.39 is 0 Å². The Kier molecular flexibility index (Phi) is 3.14. The van der Waals surface area contributed by atoms with E-state index in [1.165, 1.54) is 7.11 Å². The Balaban J connectivity index is 2.74. The van der Waals surface area contributed by atoms with Crippen LogP contribution in [0.5, 0.6) is 0 Å². The van der Waals surface area contributed by atoms with E-state index in [1.807, 2.05) is 0 Å². The maximum absolute atomic E-state index is 11.2. The molecule has 0 spiro atoms. The van der Waals surface area contributed by atoms with E-state index in [9.17, 15) is 4.79 Å². The predicted octanol–water partition coefficient (Wildman–Crippen LogP) is 1.34. The van der Waals surface area contributed by atoms with E-state index in [0.29, 0.717) is 5.57 Å². The number of esters is 1. The molecule has 0 unspecified atom stereocenters. The molecule has 12 heavy (non-hydrogen) atoms. The first-order valence-electron chi connectivity index (χ1n) is 4.31. The Bertz CT molecular complexity index is 209. The molecule has 1 rings (SSSR count). The van der Waals surface area contributed by atoms with Gasteiger partial charge in [-0.2, -0.15) is 0 Å². The third-order valence-corrected chi connectivity index (χ3v) is 2.19. The van der Waals surface area contributed by atoms with Crippen LogP contribution in [-0.2, 0) is 9.53 Å². The molecule has 0 aromatic carbocycles. The third kappa shape index (κ3) is 2.00. The summed E-state index contributed by atoms with van der Waals surface area (Å²) in [4.78, 5) is 11.2. The molecule has 2 N–H and O–H groups in total. The van der Waals surface area contributed by atoms with Gasteiger partial charge in [0.1, 0.15) is 0 Å². The fourth-order valence-corrected chi connectivity index (χ4v) is 1.46. The van der Waals surface area contributed by atoms with Crippen molar-refractivity contribution in [3.05, 3.63) is 11.3 Å². The Morgan fingerprint density at radius 3 is 2.67 bits per heavy atom. The van der Waals surface area contributed by atoms with Crippen LogP contribution in [0.1, 0.15) is 32.1 Å². The molecule has 3 nitrogen and oxygen atoms in total. The van der Waals surface area contributed by atoms with Crippen molar-refractivity contribution in [3.8, 4) is 0 Å². The molecular weight excluding hydrogens is 154 g/mol. The lowest BCUT2D eigenvalue weighted by Crippen LogP contribution is -2.11. The van der Waals surface area contributed by atoms with E-state index in [4.69, 9.17) is 5.73 Å². The topological polar surface area (TPSA) is 52.3 Å². The second kappa shape index (κ2) is 4.14. The van der Waals surface area contributed by atoms with Crippen molar-refractivity contribution in [3.63, 3.8) is 0 Å². The van der Waals surface area contributed by atoms with Gasteiger partial charge in [0.15, 0.2) is 0 Å². The number of allylic oxidation sites excluding steroid dienone is 1. The van der Waals surface area contributed by atoms with Gasteiger partial charge in [-0.1, -0.05) is 6.42 Å². The van der Waals surface area contributed by atoms with Gasteiger partial charge in [0.25, 0.3) is 0 Å². The molecule has 3 heteroatoms. The van der Waals surface area contributed by atoms with Crippen molar-refractivity contribution in [1.29, 1.82) is 0 Å². The molecule has 0 heterocycles. The van der Waals surface area contributed by atoms with E-state index in [2.05, 4.69) is 4.74 Å². The minimum atomic E-state index is -0.255. The van der Waals surface area contributed by atoms with Gasteiger partial charge in [0.05, 0.1) is 12.7 Å². The predicted molar refractivity (Wildman–Crippen MR) is 46.3 cm³/mol. The molecule has 0 bridgehead atoms. The highest BCUT2D eigenvalue weighted by atomic mass is 16.5. The molecule has 1 aliphatic rings. The highest BCUT2D eigenvalue weighted by Crippen LogP contribution is 2.21. The lowest BCUT2D eigenvalue weighted by molar-refractivity contribution is -0.136. The van der Waals surface area contributed by atoms with Crippen LogP contribution in [0.15, 0.2) is 11.3 Å². The zero-order chi connectivity index (χ0) is 8.97. The number of rotatable bonds is 1. The summed E-state index contributed by atoms with van der Waals surface area (Å²) in [5.41, 5.74) is 7.15. The highest BCUT2D eigenvalue weighted by molar-refractivity contribution is 5.89. The van der Waals surface area contributed by atoms with Crippen molar-refractivity contribution in [2.45, 2.75) is 32.1 Å². The summed E-state index contributed by atoms with van der Waals surface area (Å²) in [6.07, 6.45) is 4.90. The summed E-state index contributed by atoms with van der Waals surface area (Å²) in [5, 5.41) is 0. The van der Waals surface area contributed by atoms with Crippen LogP contribution in [0.2, 0.25) is 0 Å². The number of hydrogen-bond donors (Lipinski definition) is 1. The van der Waals surface area contributed by atoms with Crippen molar-refractivity contribution in [2.75, 3.05) is 7.11 Å². The molecular formula is C9H15NO2. The van der Waals surface area contributed by atoms with Crippen LogP contribution in [0, 0.1) is 0 Å². The first kappa shape index (κ1) is 9.10. The SMILES string of the molecule is COC(=O)C1=C(N)CCCCC1. The van der Waals surface area contributed by atoms with Crippen molar-refractivity contribution < 1.29 is 9.53 Å². The summed E-state index contributed by atoms with van der Waals surface area (Å²) in [7, 11) is 1.40. The van der Waals surface area contributed by atoms with Gasteiger partial charge < -0.3 is 10.5 Å². The van der Waals surface area contributed by atoms with E-state index in [-0.39, 0.29) is 5.97 Å². The number of carbonyl (C=O) groups is 1. The standard InChI is InChI=1S/C9H15NO2/c1-12-9(11)7-5-3-2-4-6-8(7)10/h2-6,10H2,1H3. The quantitative estimate of drug-likeness (QED) is 0.602. The molecule has 0 radical (unpaired) electrons. The molecule has 0 aromatic rings. The summed E-state index contributed by atoms with van der Waals surface area (Å²) >= 11 is 0. The zero-order valence-electron chi connectivity index (χ0n) is 7.43. The van der Waals surface area contributed by atoms with Crippen molar-refractivity contribution in [1.82, 2.24) is 0 Å². The second-order valence-electron chi connectivity index (χ2n) is 3.06. The van der Waals surface area contributed by atoms with Gasteiger partial charge in [0, 0.05) is 5.70 Å². The molecule has 0 saturated heterocycles. The maximum Gasteiger partial charge on any atom is 0.335 e.